The highest BCUT2D eigenvalue weighted by atomic mass is 35.5. The molecule has 0 nitrogen and oxygen atoms in total. The van der Waals surface area contributed by atoms with Gasteiger partial charge < -0.3 is 0 Å². The molecule has 0 aromatic heterocycles. The summed E-state index contributed by atoms with van der Waals surface area (Å²) in [5, 5.41) is 0. The van der Waals surface area contributed by atoms with E-state index in [-0.39, 0.29) is 0 Å². The lowest BCUT2D eigenvalue weighted by Gasteiger charge is -1.99. The first-order valence-corrected chi connectivity index (χ1v) is 5.15. The van der Waals surface area contributed by atoms with Gasteiger partial charge in [0.25, 0.3) is 0 Å². The van der Waals surface area contributed by atoms with Crippen LogP contribution in [0.3, 0.4) is 0 Å². The van der Waals surface area contributed by atoms with E-state index in [9.17, 15) is 0 Å². The molecule has 0 aliphatic heterocycles. The van der Waals surface area contributed by atoms with Crippen molar-refractivity contribution in [2.24, 2.45) is 0 Å². The highest BCUT2D eigenvalue weighted by Crippen LogP contribution is 2.06. The zero-order chi connectivity index (χ0) is 9.52. The van der Waals surface area contributed by atoms with Gasteiger partial charge in [-0.3, -0.25) is 0 Å². The molecule has 0 amide bonds. The van der Waals surface area contributed by atoms with E-state index in [4.69, 9.17) is 11.6 Å². The highest BCUT2D eigenvalue weighted by Gasteiger charge is 1.92. The molecule has 0 atom stereocenters. The fourth-order valence-corrected chi connectivity index (χ4v) is 1.42. The van der Waals surface area contributed by atoms with Crippen molar-refractivity contribution < 1.29 is 0 Å². The number of allylic oxidation sites excluding steroid dienone is 2. The first-order valence-electron chi connectivity index (χ1n) is 4.61. The highest BCUT2D eigenvalue weighted by molar-refractivity contribution is 6.17. The fourth-order valence-electron chi connectivity index (χ4n) is 1.21. The van der Waals surface area contributed by atoms with Gasteiger partial charge in [-0.15, -0.1) is 11.6 Å². The standard InChI is InChI=1S/C12H15Cl/c1-2-3-4-11-5-7-12(8-6-11)9-10-13/h2-3,5-8H,4,9-10H2,1H3. The molecule has 1 rings (SSSR count). The maximum Gasteiger partial charge on any atom is 0.0263 e. The third-order valence-corrected chi connectivity index (χ3v) is 2.18. The normalized spacial score (nSPS) is 10.9. The average Bonchev–Trinajstić information content (AvgIpc) is 2.17. The maximum atomic E-state index is 5.65. The van der Waals surface area contributed by atoms with E-state index in [0.29, 0.717) is 5.88 Å². The van der Waals surface area contributed by atoms with Gasteiger partial charge in [-0.25, -0.2) is 0 Å². The van der Waals surface area contributed by atoms with Crippen LogP contribution >= 0.6 is 11.6 Å². The molecule has 1 aromatic rings. The predicted molar refractivity (Wildman–Crippen MR) is 59.4 cm³/mol. The Morgan fingerprint density at radius 2 is 1.77 bits per heavy atom. The monoisotopic (exact) mass is 194 g/mol. The van der Waals surface area contributed by atoms with Gasteiger partial charge in [0.1, 0.15) is 0 Å². The van der Waals surface area contributed by atoms with Crippen molar-refractivity contribution in [3.63, 3.8) is 0 Å². The Bertz CT molecular complexity index is 259. The van der Waals surface area contributed by atoms with E-state index in [1.54, 1.807) is 0 Å². The van der Waals surface area contributed by atoms with Gasteiger partial charge in [0.15, 0.2) is 0 Å². The van der Waals surface area contributed by atoms with Gasteiger partial charge in [0.05, 0.1) is 0 Å². The largest absolute Gasteiger partial charge is 0.126 e. The number of hydrogen-bond donors (Lipinski definition) is 0. The summed E-state index contributed by atoms with van der Waals surface area (Å²) >= 11 is 5.65. The van der Waals surface area contributed by atoms with Crippen LogP contribution in [-0.2, 0) is 12.8 Å². The lowest BCUT2D eigenvalue weighted by atomic mass is 10.1. The molecular weight excluding hydrogens is 180 g/mol. The number of alkyl halides is 1. The van der Waals surface area contributed by atoms with Crippen LogP contribution in [0.5, 0.6) is 0 Å². The Kier molecular flexibility index (Phi) is 4.63. The Morgan fingerprint density at radius 3 is 2.31 bits per heavy atom. The van der Waals surface area contributed by atoms with Crippen molar-refractivity contribution in [2.45, 2.75) is 19.8 Å². The third kappa shape index (κ3) is 3.65. The summed E-state index contributed by atoms with van der Waals surface area (Å²) < 4.78 is 0. The van der Waals surface area contributed by atoms with E-state index in [1.807, 2.05) is 6.92 Å². The molecule has 0 bridgehead atoms. The first kappa shape index (κ1) is 10.3. The van der Waals surface area contributed by atoms with E-state index < -0.39 is 0 Å². The van der Waals surface area contributed by atoms with Crippen LogP contribution in [0.2, 0.25) is 0 Å². The summed E-state index contributed by atoms with van der Waals surface area (Å²) in [4.78, 5) is 0. The molecule has 0 saturated carbocycles. The summed E-state index contributed by atoms with van der Waals surface area (Å²) in [6.45, 7) is 2.04. The molecule has 0 aliphatic carbocycles. The van der Waals surface area contributed by atoms with Gasteiger partial charge >= 0.3 is 0 Å². The van der Waals surface area contributed by atoms with Crippen LogP contribution in [0.4, 0.5) is 0 Å². The summed E-state index contributed by atoms with van der Waals surface area (Å²) in [5.41, 5.74) is 2.68. The van der Waals surface area contributed by atoms with Crippen molar-refractivity contribution in [3.05, 3.63) is 47.5 Å². The molecule has 70 valence electrons. The van der Waals surface area contributed by atoms with Crippen LogP contribution in [-0.4, -0.2) is 5.88 Å². The van der Waals surface area contributed by atoms with Gasteiger partial charge in [0, 0.05) is 5.88 Å². The second-order valence-electron chi connectivity index (χ2n) is 3.03. The van der Waals surface area contributed by atoms with E-state index in [1.165, 1.54) is 11.1 Å². The van der Waals surface area contributed by atoms with Crippen LogP contribution in [0.25, 0.3) is 0 Å². The SMILES string of the molecule is CC=CCc1ccc(CCCl)cc1. The van der Waals surface area contributed by atoms with Gasteiger partial charge in [0.2, 0.25) is 0 Å². The molecule has 0 spiro atoms. The van der Waals surface area contributed by atoms with Crippen molar-refractivity contribution in [3.8, 4) is 0 Å². The molecular formula is C12H15Cl. The molecule has 0 unspecified atom stereocenters. The van der Waals surface area contributed by atoms with Gasteiger partial charge in [-0.05, 0) is 30.9 Å². The molecule has 0 saturated heterocycles. The Hall–Kier alpha value is -0.750. The predicted octanol–water partition coefficient (Wildman–Crippen LogP) is 3.59. The van der Waals surface area contributed by atoms with Crippen LogP contribution in [0, 0.1) is 0 Å². The minimum absolute atomic E-state index is 0.703. The number of halogens is 1. The van der Waals surface area contributed by atoms with Gasteiger partial charge in [-0.1, -0.05) is 36.4 Å². The van der Waals surface area contributed by atoms with Gasteiger partial charge in [-0.2, -0.15) is 0 Å². The van der Waals surface area contributed by atoms with Crippen molar-refractivity contribution in [1.82, 2.24) is 0 Å². The molecule has 0 fully saturated rings. The number of hydrogen-bond acceptors (Lipinski definition) is 0. The van der Waals surface area contributed by atoms with Crippen molar-refractivity contribution in [1.29, 1.82) is 0 Å². The second-order valence-corrected chi connectivity index (χ2v) is 3.41. The lowest BCUT2D eigenvalue weighted by molar-refractivity contribution is 1.13. The Labute approximate surface area is 85.2 Å². The third-order valence-electron chi connectivity index (χ3n) is 2.00. The topological polar surface area (TPSA) is 0 Å². The molecule has 0 radical (unpaired) electrons. The number of benzene rings is 1. The maximum absolute atomic E-state index is 5.65. The van der Waals surface area contributed by atoms with E-state index in [2.05, 4.69) is 36.4 Å². The molecule has 0 aliphatic rings. The summed E-state index contributed by atoms with van der Waals surface area (Å²) in [6, 6.07) is 8.65. The Morgan fingerprint density at radius 1 is 1.15 bits per heavy atom. The molecule has 1 aromatic carbocycles. The molecule has 13 heavy (non-hydrogen) atoms. The first-order chi connectivity index (χ1) is 6.36. The summed E-state index contributed by atoms with van der Waals surface area (Å²) in [5.74, 6) is 0.703. The van der Waals surface area contributed by atoms with Crippen molar-refractivity contribution in [2.75, 3.05) is 5.88 Å². The Balaban J connectivity index is 2.58. The number of aryl methyl sites for hydroxylation is 1. The number of rotatable bonds is 4. The van der Waals surface area contributed by atoms with Crippen LogP contribution in [0.1, 0.15) is 18.1 Å². The van der Waals surface area contributed by atoms with Crippen LogP contribution < -0.4 is 0 Å². The lowest BCUT2D eigenvalue weighted by Crippen LogP contribution is -1.87. The van der Waals surface area contributed by atoms with Crippen molar-refractivity contribution >= 4 is 11.6 Å². The molecule has 0 heterocycles. The second kappa shape index (κ2) is 5.82. The fraction of sp³-hybridized carbons (Fsp3) is 0.333. The van der Waals surface area contributed by atoms with Crippen LogP contribution in [0.15, 0.2) is 36.4 Å². The molecule has 0 N–H and O–H groups in total. The minimum Gasteiger partial charge on any atom is -0.126 e. The zero-order valence-corrected chi connectivity index (χ0v) is 8.72. The zero-order valence-electron chi connectivity index (χ0n) is 7.96. The summed E-state index contributed by atoms with van der Waals surface area (Å²) in [6.07, 6.45) is 6.23. The minimum atomic E-state index is 0.703. The smallest absolute Gasteiger partial charge is 0.0263 e. The average molecular weight is 195 g/mol. The summed E-state index contributed by atoms with van der Waals surface area (Å²) in [7, 11) is 0. The van der Waals surface area contributed by atoms with E-state index in [0.717, 1.165) is 12.8 Å². The quantitative estimate of drug-likeness (QED) is 0.508. The van der Waals surface area contributed by atoms with E-state index >= 15 is 0 Å². The molecule has 1 heteroatoms.